The Kier molecular flexibility index (Phi) is 8.80. The quantitative estimate of drug-likeness (QED) is 0.427. The number of carbonyl (C=O) groups excluding carboxylic acids is 2. The first-order valence-electron chi connectivity index (χ1n) is 12.3. The van der Waals surface area contributed by atoms with Gasteiger partial charge in [0.15, 0.2) is 23.3 Å². The van der Waals surface area contributed by atoms with Crippen LogP contribution in [-0.2, 0) is 9.53 Å². The molecule has 0 saturated carbocycles. The first-order valence-corrected chi connectivity index (χ1v) is 12.3. The second-order valence-corrected chi connectivity index (χ2v) is 8.96. The molecule has 3 aromatic rings. The molecule has 2 aromatic carbocycles. The Balaban J connectivity index is 1.56. The highest BCUT2D eigenvalue weighted by Gasteiger charge is 2.37. The van der Waals surface area contributed by atoms with E-state index in [1.165, 1.54) is 67.9 Å². The van der Waals surface area contributed by atoms with Crippen molar-refractivity contribution in [3.63, 3.8) is 0 Å². The molecule has 9 nitrogen and oxygen atoms in total. The highest BCUT2D eigenvalue weighted by Crippen LogP contribution is 2.29. The maximum absolute atomic E-state index is 13.5. The molecule has 0 aliphatic carbocycles. The largest absolute Gasteiger partial charge is 0.503 e. The lowest BCUT2D eigenvalue weighted by atomic mass is 10.0. The lowest BCUT2D eigenvalue weighted by Crippen LogP contribution is -2.47. The third kappa shape index (κ3) is 6.92. The molecule has 1 saturated heterocycles. The molecule has 1 aromatic heterocycles. The zero-order valence-corrected chi connectivity index (χ0v) is 21.3. The van der Waals surface area contributed by atoms with E-state index >= 15 is 0 Å². The molecular weight excluding hydrogens is 514 g/mol. The number of nitrogens with zero attached hydrogens (tertiary/aromatic N) is 1. The van der Waals surface area contributed by atoms with Crippen molar-refractivity contribution < 1.29 is 42.4 Å². The minimum atomic E-state index is -1.05. The Bertz CT molecular complexity index is 1290. The Hall–Kier alpha value is -4.41. The van der Waals surface area contributed by atoms with Gasteiger partial charge in [-0.1, -0.05) is 0 Å². The van der Waals surface area contributed by atoms with Gasteiger partial charge in [-0.25, -0.2) is 18.6 Å². The van der Waals surface area contributed by atoms with Crippen LogP contribution in [0.2, 0.25) is 0 Å². The fraction of sp³-hybridized carbons (Fsp3) is 0.321. The molecule has 4 atom stereocenters. The third-order valence-electron chi connectivity index (χ3n) is 6.21. The summed E-state index contributed by atoms with van der Waals surface area (Å²) < 4.78 is 49.9. The number of cyclic esters (lactones) is 1. The Morgan fingerprint density at radius 1 is 1.00 bits per heavy atom. The number of hydrogen-bond donors (Lipinski definition) is 2. The monoisotopic (exact) mass is 542 g/mol. The van der Waals surface area contributed by atoms with Crippen molar-refractivity contribution in [2.75, 3.05) is 7.11 Å². The van der Waals surface area contributed by atoms with Crippen LogP contribution < -0.4 is 19.5 Å². The standard InChI is InChI=1S/C28H28F2N2O7/c1-16-26(39-20-12-8-18(30)9-13-20)23(38-19-10-6-17(29)7-11-19)5-3-4-21(28(35)37-16)32-27(34)24-25(33)22(36-2)14-15-31-24/h6-16,21,23,26,33H,3-5H2,1-2H3,(H,32,34)/t16-,21-,23-,26-/m0/s1. The van der Waals surface area contributed by atoms with Gasteiger partial charge < -0.3 is 29.4 Å². The summed E-state index contributed by atoms with van der Waals surface area (Å²) in [4.78, 5) is 29.9. The van der Waals surface area contributed by atoms with Gasteiger partial charge in [-0.3, -0.25) is 4.79 Å². The van der Waals surface area contributed by atoms with Gasteiger partial charge in [0, 0.05) is 12.3 Å². The number of methoxy groups -OCH3 is 1. The van der Waals surface area contributed by atoms with E-state index in [0.29, 0.717) is 24.3 Å². The second-order valence-electron chi connectivity index (χ2n) is 8.96. The molecular formula is C28H28F2N2O7. The molecule has 1 aliphatic rings. The summed E-state index contributed by atoms with van der Waals surface area (Å²) in [6.45, 7) is 1.62. The van der Waals surface area contributed by atoms with Crippen molar-refractivity contribution in [3.8, 4) is 23.0 Å². The summed E-state index contributed by atoms with van der Waals surface area (Å²) in [7, 11) is 1.34. The first-order chi connectivity index (χ1) is 18.7. The Morgan fingerprint density at radius 2 is 1.62 bits per heavy atom. The van der Waals surface area contributed by atoms with E-state index in [2.05, 4.69) is 10.3 Å². The normalized spacial score (nSPS) is 21.5. The molecule has 0 bridgehead atoms. The van der Waals surface area contributed by atoms with Crippen LogP contribution >= 0.6 is 0 Å². The zero-order chi connectivity index (χ0) is 27.9. The number of esters is 1. The van der Waals surface area contributed by atoms with E-state index in [4.69, 9.17) is 18.9 Å². The topological polar surface area (TPSA) is 116 Å². The summed E-state index contributed by atoms with van der Waals surface area (Å²) in [5.74, 6) is -2.03. The van der Waals surface area contributed by atoms with E-state index in [1.807, 2.05) is 0 Å². The second kappa shape index (κ2) is 12.4. The number of halogens is 2. The average molecular weight is 543 g/mol. The van der Waals surface area contributed by atoms with E-state index < -0.39 is 53.6 Å². The van der Waals surface area contributed by atoms with Crippen LogP contribution in [0.25, 0.3) is 0 Å². The Labute approximate surface area is 223 Å². The number of rotatable bonds is 7. The van der Waals surface area contributed by atoms with Gasteiger partial charge in [0.05, 0.1) is 7.11 Å². The lowest BCUT2D eigenvalue weighted by Gasteiger charge is -2.31. The summed E-state index contributed by atoms with van der Waals surface area (Å²) in [6.07, 6.45) is -0.0855. The van der Waals surface area contributed by atoms with Crippen LogP contribution in [0, 0.1) is 11.6 Å². The number of pyridine rings is 1. The van der Waals surface area contributed by atoms with E-state index in [0.717, 1.165) is 0 Å². The smallest absolute Gasteiger partial charge is 0.329 e. The number of aromatic hydroxyl groups is 1. The number of hydrogen-bond acceptors (Lipinski definition) is 8. The molecule has 0 radical (unpaired) electrons. The number of amides is 1. The van der Waals surface area contributed by atoms with Gasteiger partial charge in [-0.2, -0.15) is 0 Å². The summed E-state index contributed by atoms with van der Waals surface area (Å²) in [5.41, 5.74) is -0.301. The van der Waals surface area contributed by atoms with Gasteiger partial charge in [-0.15, -0.1) is 0 Å². The fourth-order valence-corrected chi connectivity index (χ4v) is 4.22. The fourth-order valence-electron chi connectivity index (χ4n) is 4.22. The molecule has 2 N–H and O–H groups in total. The molecule has 2 heterocycles. The molecule has 1 amide bonds. The van der Waals surface area contributed by atoms with Crippen LogP contribution in [0.15, 0.2) is 60.8 Å². The third-order valence-corrected chi connectivity index (χ3v) is 6.21. The number of nitrogens with one attached hydrogen (secondary N) is 1. The van der Waals surface area contributed by atoms with Crippen molar-refractivity contribution in [3.05, 3.63) is 78.1 Å². The van der Waals surface area contributed by atoms with Crippen LogP contribution in [0.4, 0.5) is 8.78 Å². The minimum absolute atomic E-state index is 0.0578. The molecule has 11 heteroatoms. The van der Waals surface area contributed by atoms with Gasteiger partial charge in [0.25, 0.3) is 5.91 Å². The van der Waals surface area contributed by atoms with Gasteiger partial charge in [0.2, 0.25) is 0 Å². The molecule has 1 aliphatic heterocycles. The van der Waals surface area contributed by atoms with E-state index in [9.17, 15) is 23.5 Å². The summed E-state index contributed by atoms with van der Waals surface area (Å²) in [6, 6.07) is 11.2. The molecule has 4 rings (SSSR count). The predicted octanol–water partition coefficient (Wildman–Crippen LogP) is 4.18. The Morgan fingerprint density at radius 3 is 2.23 bits per heavy atom. The van der Waals surface area contributed by atoms with E-state index in [-0.39, 0.29) is 17.9 Å². The first kappa shape index (κ1) is 27.6. The minimum Gasteiger partial charge on any atom is -0.503 e. The van der Waals surface area contributed by atoms with Crippen LogP contribution in [0.5, 0.6) is 23.0 Å². The van der Waals surface area contributed by atoms with Crippen molar-refractivity contribution in [1.29, 1.82) is 0 Å². The maximum atomic E-state index is 13.5. The highest BCUT2D eigenvalue weighted by molar-refractivity contribution is 5.97. The number of ether oxygens (including phenoxy) is 4. The highest BCUT2D eigenvalue weighted by atomic mass is 19.1. The molecule has 39 heavy (non-hydrogen) atoms. The van der Waals surface area contributed by atoms with Gasteiger partial charge >= 0.3 is 5.97 Å². The summed E-state index contributed by atoms with van der Waals surface area (Å²) in [5, 5.41) is 12.9. The van der Waals surface area contributed by atoms with E-state index in [1.54, 1.807) is 6.92 Å². The molecule has 206 valence electrons. The zero-order valence-electron chi connectivity index (χ0n) is 21.3. The molecule has 0 unspecified atom stereocenters. The van der Waals surface area contributed by atoms with Crippen molar-refractivity contribution in [2.24, 2.45) is 0 Å². The van der Waals surface area contributed by atoms with Gasteiger partial charge in [0.1, 0.15) is 41.4 Å². The van der Waals surface area contributed by atoms with Crippen LogP contribution in [0.3, 0.4) is 0 Å². The number of aromatic nitrogens is 1. The van der Waals surface area contributed by atoms with Crippen molar-refractivity contribution in [1.82, 2.24) is 10.3 Å². The van der Waals surface area contributed by atoms with Crippen molar-refractivity contribution >= 4 is 11.9 Å². The maximum Gasteiger partial charge on any atom is 0.329 e. The SMILES string of the molecule is COc1ccnc(C(=O)N[C@H]2CCC[C@H](Oc3ccc(F)cc3)[C@@H](Oc3ccc(F)cc3)[C@H](C)OC2=O)c1O. The number of carbonyl (C=O) groups is 2. The lowest BCUT2D eigenvalue weighted by molar-refractivity contribution is -0.157. The predicted molar refractivity (Wildman–Crippen MR) is 135 cm³/mol. The number of benzene rings is 2. The molecule has 0 spiro atoms. The van der Waals surface area contributed by atoms with Crippen LogP contribution in [0.1, 0.15) is 36.7 Å². The van der Waals surface area contributed by atoms with Crippen molar-refractivity contribution in [2.45, 2.75) is 50.5 Å². The van der Waals surface area contributed by atoms with Crippen LogP contribution in [-0.4, -0.2) is 53.4 Å². The summed E-state index contributed by atoms with van der Waals surface area (Å²) >= 11 is 0. The molecule has 1 fully saturated rings. The van der Waals surface area contributed by atoms with Gasteiger partial charge in [-0.05, 0) is 74.7 Å². The average Bonchev–Trinajstić information content (AvgIpc) is 2.96.